The molecule has 0 bridgehead atoms. The Balaban J connectivity index is 0.00000169. The van der Waals surface area contributed by atoms with Crippen molar-refractivity contribution in [2.24, 2.45) is 0 Å². The Labute approximate surface area is 99.9 Å². The van der Waals surface area contributed by atoms with Crippen molar-refractivity contribution in [2.45, 2.75) is 64.8 Å². The summed E-state index contributed by atoms with van der Waals surface area (Å²) in [6.07, 6.45) is 7.79. The minimum absolute atomic E-state index is 0. The molecule has 1 heterocycles. The molecular formula is C11H21LiO2. The fraction of sp³-hybridized carbons (Fsp3) is 0.909. The zero-order valence-corrected chi connectivity index (χ0v) is 9.79. The SMILES string of the molecule is CCCCCC[C@H]1C[CH-]OC(C)O1.[Li+]. The molecule has 1 saturated heterocycles. The quantitative estimate of drug-likeness (QED) is 0.354. The Bertz CT molecular complexity index is 130. The van der Waals surface area contributed by atoms with Crippen LogP contribution in [0.5, 0.6) is 0 Å². The van der Waals surface area contributed by atoms with Crippen LogP contribution >= 0.6 is 0 Å². The van der Waals surface area contributed by atoms with Gasteiger partial charge in [0.1, 0.15) is 6.29 Å². The van der Waals surface area contributed by atoms with Crippen LogP contribution in [-0.4, -0.2) is 12.4 Å². The summed E-state index contributed by atoms with van der Waals surface area (Å²) in [5, 5.41) is 0. The Morgan fingerprint density at radius 2 is 2.07 bits per heavy atom. The first-order valence-electron chi connectivity index (χ1n) is 5.45. The predicted octanol–water partition coefficient (Wildman–Crippen LogP) is 0.274. The van der Waals surface area contributed by atoms with E-state index in [0.717, 1.165) is 6.42 Å². The molecule has 78 valence electrons. The summed E-state index contributed by atoms with van der Waals surface area (Å²) in [4.78, 5) is 0. The van der Waals surface area contributed by atoms with Gasteiger partial charge in [-0.25, -0.2) is 6.61 Å². The molecule has 3 heteroatoms. The van der Waals surface area contributed by atoms with Crippen molar-refractivity contribution in [1.29, 1.82) is 0 Å². The van der Waals surface area contributed by atoms with E-state index < -0.39 is 0 Å². The second-order valence-electron chi connectivity index (χ2n) is 3.71. The molecule has 0 radical (unpaired) electrons. The van der Waals surface area contributed by atoms with Gasteiger partial charge in [0, 0.05) is 6.10 Å². The Morgan fingerprint density at radius 3 is 2.71 bits per heavy atom. The van der Waals surface area contributed by atoms with Crippen molar-refractivity contribution in [3.8, 4) is 0 Å². The summed E-state index contributed by atoms with van der Waals surface area (Å²) in [6.45, 7) is 6.08. The van der Waals surface area contributed by atoms with E-state index >= 15 is 0 Å². The van der Waals surface area contributed by atoms with E-state index in [0.29, 0.717) is 6.10 Å². The van der Waals surface area contributed by atoms with Gasteiger partial charge in [0.05, 0.1) is 0 Å². The van der Waals surface area contributed by atoms with E-state index in [9.17, 15) is 0 Å². The summed E-state index contributed by atoms with van der Waals surface area (Å²) >= 11 is 0. The first-order chi connectivity index (χ1) is 6.33. The number of hydrogen-bond donors (Lipinski definition) is 0. The van der Waals surface area contributed by atoms with Crippen molar-refractivity contribution in [3.63, 3.8) is 0 Å². The molecule has 1 rings (SSSR count). The van der Waals surface area contributed by atoms with Gasteiger partial charge in [-0.1, -0.05) is 32.6 Å². The third-order valence-electron chi connectivity index (χ3n) is 2.41. The smallest absolute Gasteiger partial charge is 0.530 e. The Kier molecular flexibility index (Phi) is 9.12. The fourth-order valence-electron chi connectivity index (χ4n) is 1.64. The molecule has 14 heavy (non-hydrogen) atoms. The minimum atomic E-state index is -0.0371. The normalized spacial score (nSPS) is 27.0. The molecule has 0 aromatic heterocycles. The van der Waals surface area contributed by atoms with Crippen molar-refractivity contribution in [3.05, 3.63) is 6.61 Å². The fourth-order valence-corrected chi connectivity index (χ4v) is 1.64. The summed E-state index contributed by atoms with van der Waals surface area (Å²) in [7, 11) is 0. The van der Waals surface area contributed by atoms with Gasteiger partial charge < -0.3 is 9.47 Å². The van der Waals surface area contributed by atoms with E-state index in [-0.39, 0.29) is 25.2 Å². The van der Waals surface area contributed by atoms with Crippen LogP contribution < -0.4 is 18.9 Å². The second kappa shape index (κ2) is 8.80. The van der Waals surface area contributed by atoms with Gasteiger partial charge in [0.2, 0.25) is 0 Å². The maximum atomic E-state index is 5.61. The van der Waals surface area contributed by atoms with Crippen LogP contribution in [0.4, 0.5) is 0 Å². The molecule has 0 N–H and O–H groups in total. The summed E-state index contributed by atoms with van der Waals surface area (Å²) in [6, 6.07) is 0. The number of hydrogen-bond acceptors (Lipinski definition) is 2. The molecule has 0 aromatic carbocycles. The van der Waals surface area contributed by atoms with Crippen LogP contribution in [0.3, 0.4) is 0 Å². The van der Waals surface area contributed by atoms with Crippen LogP contribution in [0.2, 0.25) is 0 Å². The molecule has 0 amide bonds. The van der Waals surface area contributed by atoms with E-state index in [1.54, 1.807) is 0 Å². The van der Waals surface area contributed by atoms with Crippen LogP contribution in [0.25, 0.3) is 0 Å². The Hall–Kier alpha value is 0.517. The van der Waals surface area contributed by atoms with Crippen molar-refractivity contribution >= 4 is 0 Å². The van der Waals surface area contributed by atoms with E-state index in [1.165, 1.54) is 32.1 Å². The summed E-state index contributed by atoms with van der Waals surface area (Å²) < 4.78 is 10.8. The molecule has 0 spiro atoms. The predicted molar refractivity (Wildman–Crippen MR) is 53.1 cm³/mol. The van der Waals surface area contributed by atoms with Gasteiger partial charge in [-0.2, -0.15) is 0 Å². The molecule has 0 saturated carbocycles. The van der Waals surface area contributed by atoms with Gasteiger partial charge in [0.25, 0.3) is 0 Å². The van der Waals surface area contributed by atoms with Crippen molar-refractivity contribution in [1.82, 2.24) is 0 Å². The second-order valence-corrected chi connectivity index (χ2v) is 3.71. The first-order valence-corrected chi connectivity index (χ1v) is 5.45. The van der Waals surface area contributed by atoms with Crippen LogP contribution in [-0.2, 0) is 9.47 Å². The molecule has 0 aliphatic carbocycles. The number of unbranched alkanes of at least 4 members (excludes halogenated alkanes) is 3. The zero-order chi connectivity index (χ0) is 9.52. The van der Waals surface area contributed by atoms with Crippen LogP contribution in [0, 0.1) is 6.61 Å². The largest absolute Gasteiger partial charge is 1.00 e. The molecule has 1 aliphatic rings. The molecule has 1 aliphatic heterocycles. The maximum absolute atomic E-state index is 5.61. The van der Waals surface area contributed by atoms with Gasteiger partial charge in [0.15, 0.2) is 0 Å². The third kappa shape index (κ3) is 6.09. The minimum Gasteiger partial charge on any atom is -0.530 e. The first kappa shape index (κ1) is 14.5. The van der Waals surface area contributed by atoms with Gasteiger partial charge >= 0.3 is 18.9 Å². The molecule has 2 atom stereocenters. The average Bonchev–Trinajstić information content (AvgIpc) is 2.13. The molecule has 1 unspecified atom stereocenters. The molecular weight excluding hydrogens is 171 g/mol. The monoisotopic (exact) mass is 192 g/mol. The molecule has 2 nitrogen and oxygen atoms in total. The van der Waals surface area contributed by atoms with Crippen LogP contribution in [0.1, 0.15) is 52.4 Å². The topological polar surface area (TPSA) is 18.5 Å². The van der Waals surface area contributed by atoms with E-state index in [4.69, 9.17) is 9.47 Å². The maximum Gasteiger partial charge on any atom is 1.00 e. The summed E-state index contributed by atoms with van der Waals surface area (Å²) in [5.41, 5.74) is 0. The molecule has 1 fully saturated rings. The van der Waals surface area contributed by atoms with E-state index in [1.807, 2.05) is 13.5 Å². The average molecular weight is 192 g/mol. The zero-order valence-electron chi connectivity index (χ0n) is 9.79. The standard InChI is InChI=1S/C11H21O2.Li/c1-3-4-5-6-7-11-8-9-12-10(2)13-11;/h9-11H,3-8H2,1-2H3;/q-1;+1/t10?,11-;/m0./s1. The summed E-state index contributed by atoms with van der Waals surface area (Å²) in [5.74, 6) is 0. The van der Waals surface area contributed by atoms with Gasteiger partial charge in [-0.05, 0) is 13.3 Å². The van der Waals surface area contributed by atoms with Crippen LogP contribution in [0.15, 0.2) is 0 Å². The number of ether oxygens (including phenoxy) is 2. The number of rotatable bonds is 5. The Morgan fingerprint density at radius 1 is 1.29 bits per heavy atom. The van der Waals surface area contributed by atoms with E-state index in [2.05, 4.69) is 6.92 Å². The van der Waals surface area contributed by atoms with Gasteiger partial charge in [-0.15, -0.1) is 6.42 Å². The molecule has 0 aromatic rings. The van der Waals surface area contributed by atoms with Crippen molar-refractivity contribution in [2.75, 3.05) is 0 Å². The van der Waals surface area contributed by atoms with Gasteiger partial charge in [-0.3, -0.25) is 0 Å². The third-order valence-corrected chi connectivity index (χ3v) is 2.41. The van der Waals surface area contributed by atoms with Crippen molar-refractivity contribution < 1.29 is 28.3 Å².